The topological polar surface area (TPSA) is 55.0 Å². The first-order chi connectivity index (χ1) is 16.2. The van der Waals surface area contributed by atoms with E-state index in [-0.39, 0.29) is 23.8 Å². The molecule has 1 saturated heterocycles. The van der Waals surface area contributed by atoms with Crippen LogP contribution in [0.5, 0.6) is 17.2 Å². The van der Waals surface area contributed by atoms with Crippen LogP contribution >= 0.6 is 0 Å². The number of nitrogens with one attached hydrogen (secondary N) is 2. The molecule has 3 aliphatic rings. The Kier molecular flexibility index (Phi) is 5.08. The van der Waals surface area contributed by atoms with Crippen LogP contribution in [0.4, 0.5) is 10.1 Å². The number of hydrazine groups is 1. The van der Waals surface area contributed by atoms with E-state index < -0.39 is 0 Å². The van der Waals surface area contributed by atoms with E-state index in [0.717, 1.165) is 35.0 Å². The third-order valence-electron chi connectivity index (χ3n) is 6.84. The summed E-state index contributed by atoms with van der Waals surface area (Å²) < 4.78 is 31.6. The van der Waals surface area contributed by atoms with Crippen LogP contribution in [-0.2, 0) is 6.54 Å². The molecule has 2 N–H and O–H groups in total. The van der Waals surface area contributed by atoms with E-state index in [1.807, 2.05) is 30.3 Å². The van der Waals surface area contributed by atoms with Crippen molar-refractivity contribution in [1.82, 2.24) is 10.9 Å². The van der Waals surface area contributed by atoms with Crippen molar-refractivity contribution in [2.45, 2.75) is 18.6 Å². The number of hydrogen-bond donors (Lipinski definition) is 2. The van der Waals surface area contributed by atoms with Crippen molar-refractivity contribution in [3.63, 3.8) is 0 Å². The van der Waals surface area contributed by atoms with E-state index in [4.69, 9.17) is 14.2 Å². The molecule has 0 bridgehead atoms. The fourth-order valence-electron chi connectivity index (χ4n) is 5.20. The highest BCUT2D eigenvalue weighted by Crippen LogP contribution is 2.49. The molecular weight excluding hydrogens is 421 g/mol. The third-order valence-corrected chi connectivity index (χ3v) is 6.84. The number of anilines is 1. The highest BCUT2D eigenvalue weighted by Gasteiger charge is 2.44. The maximum atomic E-state index is 14.6. The predicted octanol–water partition coefficient (Wildman–Crippen LogP) is 4.13. The Morgan fingerprint density at radius 1 is 0.970 bits per heavy atom. The summed E-state index contributed by atoms with van der Waals surface area (Å²) in [7, 11) is 1.67. The van der Waals surface area contributed by atoms with Crippen LogP contribution in [0.2, 0.25) is 0 Å². The van der Waals surface area contributed by atoms with Crippen molar-refractivity contribution >= 4 is 5.69 Å². The van der Waals surface area contributed by atoms with Gasteiger partial charge in [-0.05, 0) is 35.4 Å². The summed E-state index contributed by atoms with van der Waals surface area (Å²) in [4.78, 5) is 2.26. The van der Waals surface area contributed by atoms with Crippen LogP contribution in [0, 0.1) is 11.7 Å². The van der Waals surface area contributed by atoms with E-state index in [1.165, 1.54) is 11.6 Å². The van der Waals surface area contributed by atoms with Gasteiger partial charge >= 0.3 is 0 Å². The molecule has 6 rings (SSSR count). The van der Waals surface area contributed by atoms with Gasteiger partial charge in [0.05, 0.1) is 19.2 Å². The zero-order valence-corrected chi connectivity index (χ0v) is 18.4. The van der Waals surface area contributed by atoms with Gasteiger partial charge in [-0.3, -0.25) is 0 Å². The first-order valence-corrected chi connectivity index (χ1v) is 11.3. The molecule has 1 fully saturated rings. The van der Waals surface area contributed by atoms with Gasteiger partial charge in [0.1, 0.15) is 24.8 Å². The number of methoxy groups -OCH3 is 1. The average molecular weight is 448 g/mol. The Morgan fingerprint density at radius 3 is 2.45 bits per heavy atom. The molecule has 6 nitrogen and oxygen atoms in total. The Hall–Kier alpha value is -3.29. The minimum atomic E-state index is -0.187. The number of rotatable bonds is 4. The number of nitrogens with zero attached hydrogens (tertiary/aromatic N) is 1. The van der Waals surface area contributed by atoms with Crippen LogP contribution < -0.4 is 30.0 Å². The summed E-state index contributed by atoms with van der Waals surface area (Å²) in [5.74, 6) is 2.39. The molecular formula is C26H26FN3O3. The van der Waals surface area contributed by atoms with E-state index in [1.54, 1.807) is 13.2 Å². The van der Waals surface area contributed by atoms with Crippen molar-refractivity contribution < 1.29 is 18.6 Å². The lowest BCUT2D eigenvalue weighted by atomic mass is 9.81. The Balaban J connectivity index is 1.40. The highest BCUT2D eigenvalue weighted by atomic mass is 19.1. The number of fused-ring (bicyclic) bond motifs is 4. The van der Waals surface area contributed by atoms with Gasteiger partial charge in [0.2, 0.25) is 0 Å². The van der Waals surface area contributed by atoms with Crippen molar-refractivity contribution in [2.75, 3.05) is 31.8 Å². The van der Waals surface area contributed by atoms with Gasteiger partial charge in [-0.1, -0.05) is 30.3 Å². The summed E-state index contributed by atoms with van der Waals surface area (Å²) in [6, 6.07) is 19.5. The molecule has 3 unspecified atom stereocenters. The lowest BCUT2D eigenvalue weighted by Gasteiger charge is -2.40. The van der Waals surface area contributed by atoms with E-state index in [9.17, 15) is 4.39 Å². The number of ether oxygens (including phenoxy) is 3. The van der Waals surface area contributed by atoms with Crippen LogP contribution in [0.3, 0.4) is 0 Å². The molecule has 0 radical (unpaired) electrons. The molecule has 3 aromatic rings. The van der Waals surface area contributed by atoms with E-state index in [2.05, 4.69) is 34.0 Å². The largest absolute Gasteiger partial charge is 0.497 e. The van der Waals surface area contributed by atoms with Gasteiger partial charge in [0.25, 0.3) is 0 Å². The Labute approximate surface area is 192 Å². The molecule has 0 amide bonds. The summed E-state index contributed by atoms with van der Waals surface area (Å²) in [5, 5.41) is 0. The first kappa shape index (κ1) is 20.3. The van der Waals surface area contributed by atoms with Gasteiger partial charge in [-0.2, -0.15) is 0 Å². The van der Waals surface area contributed by atoms with Gasteiger partial charge in [0.15, 0.2) is 11.5 Å². The lowest BCUT2D eigenvalue weighted by Crippen LogP contribution is -2.39. The fourth-order valence-corrected chi connectivity index (χ4v) is 5.20. The molecule has 33 heavy (non-hydrogen) atoms. The first-order valence-electron chi connectivity index (χ1n) is 11.3. The maximum Gasteiger partial charge on any atom is 0.163 e. The summed E-state index contributed by atoms with van der Waals surface area (Å²) >= 11 is 0. The van der Waals surface area contributed by atoms with Crippen molar-refractivity contribution in [3.8, 4) is 17.2 Å². The molecule has 3 aliphatic heterocycles. The quantitative estimate of drug-likeness (QED) is 0.627. The second-order valence-corrected chi connectivity index (χ2v) is 8.71. The second kappa shape index (κ2) is 8.24. The summed E-state index contributed by atoms with van der Waals surface area (Å²) in [6.07, 6.45) is 0. The van der Waals surface area contributed by atoms with Gasteiger partial charge in [0, 0.05) is 36.3 Å². The number of halogens is 1. The molecule has 0 saturated carbocycles. The smallest absolute Gasteiger partial charge is 0.163 e. The maximum absolute atomic E-state index is 14.6. The second-order valence-electron chi connectivity index (χ2n) is 8.71. The molecule has 7 heteroatoms. The predicted molar refractivity (Wildman–Crippen MR) is 123 cm³/mol. The Bertz CT molecular complexity index is 1170. The molecule has 0 spiro atoms. The summed E-state index contributed by atoms with van der Waals surface area (Å²) in [5.41, 5.74) is 11.1. The van der Waals surface area contributed by atoms with Gasteiger partial charge in [-0.15, -0.1) is 0 Å². The minimum Gasteiger partial charge on any atom is -0.497 e. The molecule has 170 valence electrons. The van der Waals surface area contributed by atoms with Crippen LogP contribution in [0.25, 0.3) is 0 Å². The highest BCUT2D eigenvalue weighted by molar-refractivity contribution is 5.65. The Morgan fingerprint density at radius 2 is 1.70 bits per heavy atom. The number of hydrogen-bond acceptors (Lipinski definition) is 6. The van der Waals surface area contributed by atoms with Crippen LogP contribution in [0.15, 0.2) is 60.7 Å². The van der Waals surface area contributed by atoms with Gasteiger partial charge in [-0.25, -0.2) is 15.2 Å². The minimum absolute atomic E-state index is 0.0970. The third kappa shape index (κ3) is 3.57. The van der Waals surface area contributed by atoms with Gasteiger partial charge < -0.3 is 19.1 Å². The van der Waals surface area contributed by atoms with Crippen molar-refractivity contribution in [1.29, 1.82) is 0 Å². The SMILES string of the molecule is COc1ccc(C2NNC3c4cc5c(cc4N(Cc4ccccc4F)CC23)OCCO5)cc1. The summed E-state index contributed by atoms with van der Waals surface area (Å²) in [6.45, 7) is 2.32. The number of benzene rings is 3. The van der Waals surface area contributed by atoms with Crippen LogP contribution in [-0.4, -0.2) is 26.9 Å². The fraction of sp³-hybridized carbons (Fsp3) is 0.308. The monoisotopic (exact) mass is 447 g/mol. The molecule has 3 heterocycles. The molecule has 0 aliphatic carbocycles. The normalized spacial score (nSPS) is 23.1. The lowest BCUT2D eigenvalue weighted by molar-refractivity contribution is 0.171. The van der Waals surface area contributed by atoms with E-state index in [0.29, 0.717) is 25.3 Å². The standard InChI is InChI=1S/C26H26FN3O3/c1-31-18-8-6-16(7-9-18)25-20-15-30(14-17-4-2-3-5-21(17)27)22-13-24-23(32-10-11-33-24)12-19(22)26(20)29-28-25/h2-9,12-13,20,25-26,28-29H,10-11,14-15H2,1H3. The zero-order chi connectivity index (χ0) is 22.4. The van der Waals surface area contributed by atoms with E-state index >= 15 is 0 Å². The van der Waals surface area contributed by atoms with Crippen molar-refractivity contribution in [3.05, 3.63) is 83.2 Å². The zero-order valence-electron chi connectivity index (χ0n) is 18.4. The molecule has 0 aromatic heterocycles. The molecule has 3 atom stereocenters. The van der Waals surface area contributed by atoms with Crippen molar-refractivity contribution in [2.24, 2.45) is 5.92 Å². The average Bonchev–Trinajstić information content (AvgIpc) is 3.28. The molecule has 3 aromatic carbocycles. The van der Waals surface area contributed by atoms with Crippen LogP contribution in [0.1, 0.15) is 28.8 Å².